The number of Topliss-reactive ketones (excluding diaryl/α,β-unsaturated/α-hetero) is 1. The normalized spacial score (nSPS) is 35.0. The minimum absolute atomic E-state index is 0.0347. The van der Waals surface area contributed by atoms with Crippen molar-refractivity contribution >= 4 is 11.8 Å². The van der Waals surface area contributed by atoms with Crippen LogP contribution >= 0.6 is 0 Å². The Morgan fingerprint density at radius 1 is 1.40 bits per heavy atom. The molecule has 2 aliphatic rings. The molecule has 8 heteroatoms. The number of hydrogen-bond donors (Lipinski definition) is 0. The second-order valence-corrected chi connectivity index (χ2v) is 5.11. The van der Waals surface area contributed by atoms with E-state index in [2.05, 4.69) is 4.74 Å². The van der Waals surface area contributed by atoms with Crippen molar-refractivity contribution in [3.63, 3.8) is 0 Å². The zero-order valence-corrected chi connectivity index (χ0v) is 11.3. The third kappa shape index (κ3) is 2.53. The monoisotopic (exact) mass is 287 g/mol. The number of ketones is 1. The van der Waals surface area contributed by atoms with Crippen LogP contribution in [-0.4, -0.2) is 49.3 Å². The summed E-state index contributed by atoms with van der Waals surface area (Å²) in [7, 11) is 1.15. The van der Waals surface area contributed by atoms with Crippen LogP contribution in [0.3, 0.4) is 0 Å². The van der Waals surface area contributed by atoms with Crippen molar-refractivity contribution < 1.29 is 28.7 Å². The van der Waals surface area contributed by atoms with Gasteiger partial charge in [-0.15, -0.1) is 0 Å². The smallest absolute Gasteiger partial charge is 0.316 e. The van der Waals surface area contributed by atoms with E-state index in [0.717, 1.165) is 7.11 Å². The number of hydrogen-bond acceptors (Lipinski definition) is 7. The van der Waals surface area contributed by atoms with Crippen LogP contribution in [0.2, 0.25) is 0 Å². The Morgan fingerprint density at radius 3 is 2.50 bits per heavy atom. The lowest BCUT2D eigenvalue weighted by Gasteiger charge is -2.35. The second kappa shape index (κ2) is 5.84. The maximum absolute atomic E-state index is 12.2. The molecule has 4 atom stereocenters. The van der Waals surface area contributed by atoms with Crippen LogP contribution in [0.5, 0.6) is 0 Å². The highest BCUT2D eigenvalue weighted by Gasteiger charge is 2.57. The highest BCUT2D eigenvalue weighted by molar-refractivity contribution is 5.89. The summed E-state index contributed by atoms with van der Waals surface area (Å²) in [6, 6.07) is -1.17. The molecule has 0 aromatic heterocycles. The van der Waals surface area contributed by atoms with Gasteiger partial charge in [-0.25, -0.2) is 0 Å². The molecule has 0 unspecified atom stereocenters. The van der Waals surface area contributed by atoms with Crippen LogP contribution in [0, 0.1) is 27.9 Å². The number of nitrogens with zero attached hydrogens (tertiary/aromatic N) is 1. The molecule has 0 radical (unpaired) electrons. The Balaban J connectivity index is 2.36. The van der Waals surface area contributed by atoms with E-state index in [0.29, 0.717) is 13.2 Å². The maximum Gasteiger partial charge on any atom is 0.316 e. The van der Waals surface area contributed by atoms with Gasteiger partial charge in [-0.05, 0) is 0 Å². The van der Waals surface area contributed by atoms with Crippen LogP contribution in [-0.2, 0) is 23.8 Å². The van der Waals surface area contributed by atoms with E-state index in [1.807, 2.05) is 0 Å². The predicted molar refractivity (Wildman–Crippen MR) is 64.3 cm³/mol. The SMILES string of the molecule is COC(=O)[C@@H]1[C@@H]([N+](=O)[O-])[C@H](C)CC(=O)[C@@H]1C1OCCO1. The van der Waals surface area contributed by atoms with Crippen molar-refractivity contribution in [1.82, 2.24) is 0 Å². The number of ether oxygens (including phenoxy) is 3. The summed E-state index contributed by atoms with van der Waals surface area (Å²) < 4.78 is 15.2. The lowest BCUT2D eigenvalue weighted by molar-refractivity contribution is -0.542. The van der Waals surface area contributed by atoms with E-state index >= 15 is 0 Å². The Bertz CT molecular complexity index is 418. The molecule has 0 N–H and O–H groups in total. The fraction of sp³-hybridized carbons (Fsp3) is 0.833. The van der Waals surface area contributed by atoms with Gasteiger partial charge in [0.2, 0.25) is 6.04 Å². The molecule has 112 valence electrons. The number of carbonyl (C=O) groups is 2. The zero-order valence-electron chi connectivity index (χ0n) is 11.3. The van der Waals surface area contributed by atoms with E-state index < -0.39 is 41.0 Å². The van der Waals surface area contributed by atoms with E-state index in [4.69, 9.17) is 9.47 Å². The average molecular weight is 287 g/mol. The van der Waals surface area contributed by atoms with Gasteiger partial charge in [0.1, 0.15) is 11.7 Å². The van der Waals surface area contributed by atoms with Crippen molar-refractivity contribution in [2.45, 2.75) is 25.7 Å². The molecule has 1 saturated carbocycles. The Labute approximate surface area is 115 Å². The van der Waals surface area contributed by atoms with Gasteiger partial charge in [0.25, 0.3) is 0 Å². The van der Waals surface area contributed by atoms with Gasteiger partial charge in [-0.2, -0.15) is 0 Å². The van der Waals surface area contributed by atoms with Crippen LogP contribution in [0.25, 0.3) is 0 Å². The third-order valence-corrected chi connectivity index (χ3v) is 3.89. The topological polar surface area (TPSA) is 105 Å². The van der Waals surface area contributed by atoms with Gasteiger partial charge in [0.05, 0.1) is 26.2 Å². The summed E-state index contributed by atoms with van der Waals surface area (Å²) in [5.41, 5.74) is 0. The van der Waals surface area contributed by atoms with Gasteiger partial charge < -0.3 is 14.2 Å². The Hall–Kier alpha value is -1.54. The lowest BCUT2D eigenvalue weighted by atomic mass is 9.70. The minimum Gasteiger partial charge on any atom is -0.469 e. The van der Waals surface area contributed by atoms with E-state index in [9.17, 15) is 19.7 Å². The summed E-state index contributed by atoms with van der Waals surface area (Å²) in [5, 5.41) is 11.3. The first kappa shape index (κ1) is 14.9. The zero-order chi connectivity index (χ0) is 14.9. The number of carbonyl (C=O) groups excluding carboxylic acids is 2. The summed E-state index contributed by atoms with van der Waals surface area (Å²) in [6.45, 7) is 2.20. The van der Waals surface area contributed by atoms with Crippen LogP contribution < -0.4 is 0 Å². The summed E-state index contributed by atoms with van der Waals surface area (Å²) >= 11 is 0. The second-order valence-electron chi connectivity index (χ2n) is 5.11. The van der Waals surface area contributed by atoms with E-state index in [-0.39, 0.29) is 12.2 Å². The molecule has 1 aliphatic carbocycles. The Morgan fingerprint density at radius 2 is 2.00 bits per heavy atom. The van der Waals surface area contributed by atoms with Crippen molar-refractivity contribution in [3.05, 3.63) is 10.1 Å². The first-order valence-electron chi connectivity index (χ1n) is 6.44. The van der Waals surface area contributed by atoms with Crippen LogP contribution in [0.4, 0.5) is 0 Å². The molecule has 20 heavy (non-hydrogen) atoms. The van der Waals surface area contributed by atoms with Gasteiger partial charge in [0.15, 0.2) is 6.29 Å². The quantitative estimate of drug-likeness (QED) is 0.409. The molecule has 2 rings (SSSR count). The molecule has 0 spiro atoms. The molecule has 0 amide bonds. The maximum atomic E-state index is 12.2. The molecular formula is C12H17NO7. The van der Waals surface area contributed by atoms with Crippen molar-refractivity contribution in [1.29, 1.82) is 0 Å². The molecule has 1 aliphatic heterocycles. The first-order chi connectivity index (χ1) is 9.47. The fourth-order valence-corrected chi connectivity index (χ4v) is 3.01. The highest BCUT2D eigenvalue weighted by atomic mass is 16.7. The van der Waals surface area contributed by atoms with Gasteiger partial charge in [-0.1, -0.05) is 6.92 Å². The Kier molecular flexibility index (Phi) is 4.34. The fourth-order valence-electron chi connectivity index (χ4n) is 3.01. The summed E-state index contributed by atoms with van der Waals surface area (Å²) in [5.74, 6) is -3.70. The lowest BCUT2D eigenvalue weighted by Crippen LogP contribution is -2.54. The summed E-state index contributed by atoms with van der Waals surface area (Å²) in [6.07, 6.45) is -0.867. The predicted octanol–water partition coefficient (Wildman–Crippen LogP) is 0.0189. The molecule has 8 nitrogen and oxygen atoms in total. The molecule has 0 aromatic carbocycles. The molecule has 2 fully saturated rings. The van der Waals surface area contributed by atoms with Gasteiger partial charge in [0, 0.05) is 17.3 Å². The van der Waals surface area contributed by atoms with E-state index in [1.54, 1.807) is 6.92 Å². The average Bonchev–Trinajstić information content (AvgIpc) is 2.89. The van der Waals surface area contributed by atoms with Crippen molar-refractivity contribution in [2.24, 2.45) is 17.8 Å². The molecule has 0 aromatic rings. The number of rotatable bonds is 3. The van der Waals surface area contributed by atoms with Crippen molar-refractivity contribution in [3.8, 4) is 0 Å². The summed E-state index contributed by atoms with van der Waals surface area (Å²) in [4.78, 5) is 34.9. The number of nitro groups is 1. The van der Waals surface area contributed by atoms with Gasteiger partial charge in [-0.3, -0.25) is 19.7 Å². The van der Waals surface area contributed by atoms with Crippen molar-refractivity contribution in [2.75, 3.05) is 20.3 Å². The molecule has 1 saturated heterocycles. The van der Waals surface area contributed by atoms with Crippen LogP contribution in [0.15, 0.2) is 0 Å². The third-order valence-electron chi connectivity index (χ3n) is 3.89. The van der Waals surface area contributed by atoms with E-state index in [1.165, 1.54) is 0 Å². The van der Waals surface area contributed by atoms with Gasteiger partial charge >= 0.3 is 5.97 Å². The molecular weight excluding hydrogens is 270 g/mol. The van der Waals surface area contributed by atoms with Crippen LogP contribution in [0.1, 0.15) is 13.3 Å². The largest absolute Gasteiger partial charge is 0.469 e. The standard InChI is InChI=1S/C12H17NO7/c1-6-5-7(14)8(12-19-3-4-20-12)9(11(15)18-2)10(6)13(16)17/h6,8-10,12H,3-5H2,1-2H3/t6-,8+,9+,10+/m1/s1. The number of esters is 1. The minimum atomic E-state index is -1.17. The highest BCUT2D eigenvalue weighted by Crippen LogP contribution is 2.38. The molecule has 0 bridgehead atoms. The first-order valence-corrected chi connectivity index (χ1v) is 6.44. The molecule has 1 heterocycles. The number of methoxy groups -OCH3 is 1.